The second-order valence-electron chi connectivity index (χ2n) is 7.29. The summed E-state index contributed by atoms with van der Waals surface area (Å²) in [6.07, 6.45) is 7.49. The molecule has 6 nitrogen and oxygen atoms in total. The van der Waals surface area contributed by atoms with Crippen LogP contribution in [-0.2, 0) is 14.8 Å². The first-order valence-electron chi connectivity index (χ1n) is 10.1. The molecule has 8 heteroatoms. The molecule has 1 aliphatic rings. The van der Waals surface area contributed by atoms with Gasteiger partial charge in [-0.05, 0) is 56.0 Å². The van der Waals surface area contributed by atoms with Crippen molar-refractivity contribution in [3.8, 4) is 0 Å². The Hall–Kier alpha value is -2.19. The van der Waals surface area contributed by atoms with Crippen LogP contribution in [0.15, 0.2) is 69.1 Å². The Labute approximate surface area is 186 Å². The van der Waals surface area contributed by atoms with Crippen molar-refractivity contribution in [2.75, 3.05) is 10.8 Å². The Morgan fingerprint density at radius 1 is 0.967 bits per heavy atom. The smallest absolute Gasteiger partial charge is 0.264 e. The maximum Gasteiger partial charge on any atom is 0.264 e. The normalized spacial score (nSPS) is 15.0. The molecule has 1 aliphatic carbocycles. The van der Waals surface area contributed by atoms with Crippen LogP contribution in [0.5, 0.6) is 0 Å². The zero-order valence-electron chi connectivity index (χ0n) is 16.8. The van der Waals surface area contributed by atoms with Crippen LogP contribution in [0.25, 0.3) is 0 Å². The molecule has 1 N–H and O–H groups in total. The summed E-state index contributed by atoms with van der Waals surface area (Å²) in [7, 11) is -3.92. The highest BCUT2D eigenvalue weighted by Gasteiger charge is 2.27. The minimum atomic E-state index is -3.92. The van der Waals surface area contributed by atoms with Gasteiger partial charge in [0.2, 0.25) is 0 Å². The number of carbonyl (C=O) groups excluding carboxylic acids is 1. The molecule has 0 heterocycles. The lowest BCUT2D eigenvalue weighted by atomic mass is 9.99. The third-order valence-corrected chi connectivity index (χ3v) is 7.27. The number of hydrazone groups is 1. The molecule has 0 saturated heterocycles. The number of hydrogen-bond acceptors (Lipinski definition) is 4. The van der Waals surface area contributed by atoms with Gasteiger partial charge in [-0.3, -0.25) is 9.10 Å². The molecule has 0 spiro atoms. The maximum absolute atomic E-state index is 13.3. The van der Waals surface area contributed by atoms with Crippen LogP contribution in [0.1, 0.15) is 44.9 Å². The maximum atomic E-state index is 13.3. The number of benzene rings is 2. The van der Waals surface area contributed by atoms with Crippen molar-refractivity contribution < 1.29 is 13.2 Å². The van der Waals surface area contributed by atoms with E-state index in [-0.39, 0.29) is 11.4 Å². The van der Waals surface area contributed by atoms with Crippen LogP contribution >= 0.6 is 15.9 Å². The molecule has 0 aliphatic heterocycles. The topological polar surface area (TPSA) is 78.8 Å². The van der Waals surface area contributed by atoms with Gasteiger partial charge in [-0.2, -0.15) is 5.10 Å². The standard InChI is InChI=1S/C22H26BrN3O3S/c23-18-10-9-13-20(16-18)26(30(28,29)21-14-7-4-8-15-21)17-22(27)25-24-19-11-5-2-1-3-6-12-19/h4,7-10,13-16H,1-3,5-6,11-12,17H2,(H,25,27). The van der Waals surface area contributed by atoms with Gasteiger partial charge in [-0.25, -0.2) is 13.8 Å². The van der Waals surface area contributed by atoms with Gasteiger partial charge in [0.25, 0.3) is 15.9 Å². The first kappa shape index (κ1) is 22.5. The predicted octanol–water partition coefficient (Wildman–Crippen LogP) is 4.86. The largest absolute Gasteiger partial charge is 0.271 e. The SMILES string of the molecule is O=C(CN(c1cccc(Br)c1)S(=O)(=O)c1ccccc1)NN=C1CCCCCCC1. The third kappa shape index (κ3) is 6.15. The van der Waals surface area contributed by atoms with Crippen molar-refractivity contribution in [1.82, 2.24) is 5.43 Å². The Kier molecular flexibility index (Phi) is 8.04. The van der Waals surface area contributed by atoms with Gasteiger partial charge in [-0.1, -0.05) is 59.5 Å². The summed E-state index contributed by atoms with van der Waals surface area (Å²) in [4.78, 5) is 12.8. The summed E-state index contributed by atoms with van der Waals surface area (Å²) in [5, 5.41) is 4.29. The fraction of sp³-hybridized carbons (Fsp3) is 0.364. The molecular formula is C22H26BrN3O3S. The number of halogens is 1. The number of nitrogens with zero attached hydrogens (tertiary/aromatic N) is 2. The average molecular weight is 492 g/mol. The molecule has 2 aromatic rings. The molecule has 30 heavy (non-hydrogen) atoms. The highest BCUT2D eigenvalue weighted by Crippen LogP contribution is 2.26. The van der Waals surface area contributed by atoms with Gasteiger partial charge in [0, 0.05) is 10.2 Å². The molecule has 3 rings (SSSR count). The molecule has 0 atom stereocenters. The molecule has 0 bridgehead atoms. The van der Waals surface area contributed by atoms with Crippen molar-refractivity contribution in [2.24, 2.45) is 5.10 Å². The lowest BCUT2D eigenvalue weighted by Gasteiger charge is -2.24. The first-order valence-corrected chi connectivity index (χ1v) is 12.4. The Morgan fingerprint density at radius 2 is 1.63 bits per heavy atom. The molecule has 2 aromatic carbocycles. The minimum absolute atomic E-state index is 0.129. The van der Waals surface area contributed by atoms with Gasteiger partial charge in [0.1, 0.15) is 6.54 Å². The van der Waals surface area contributed by atoms with Crippen LogP contribution < -0.4 is 9.73 Å². The van der Waals surface area contributed by atoms with Crippen LogP contribution in [0.4, 0.5) is 5.69 Å². The summed E-state index contributed by atoms with van der Waals surface area (Å²) < 4.78 is 28.4. The zero-order valence-corrected chi connectivity index (χ0v) is 19.2. The van der Waals surface area contributed by atoms with Gasteiger partial charge < -0.3 is 0 Å². The fourth-order valence-electron chi connectivity index (χ4n) is 3.40. The van der Waals surface area contributed by atoms with Crippen molar-refractivity contribution in [1.29, 1.82) is 0 Å². The molecule has 0 unspecified atom stereocenters. The van der Waals surface area contributed by atoms with E-state index in [4.69, 9.17) is 0 Å². The van der Waals surface area contributed by atoms with Gasteiger partial charge in [0.15, 0.2) is 0 Å². The second kappa shape index (κ2) is 10.7. The number of hydrogen-bond donors (Lipinski definition) is 1. The average Bonchev–Trinajstić information content (AvgIpc) is 2.72. The van der Waals surface area contributed by atoms with E-state index in [9.17, 15) is 13.2 Å². The van der Waals surface area contributed by atoms with E-state index in [0.29, 0.717) is 5.69 Å². The molecule has 1 fully saturated rings. The van der Waals surface area contributed by atoms with E-state index in [0.717, 1.165) is 40.2 Å². The van der Waals surface area contributed by atoms with Crippen LogP contribution in [0.3, 0.4) is 0 Å². The number of sulfonamides is 1. The summed E-state index contributed by atoms with van der Waals surface area (Å²) in [5.74, 6) is -0.468. The van der Waals surface area contributed by atoms with Crippen LogP contribution in [-0.4, -0.2) is 26.6 Å². The Balaban J connectivity index is 1.81. The summed E-state index contributed by atoms with van der Waals surface area (Å²) >= 11 is 3.37. The third-order valence-electron chi connectivity index (χ3n) is 4.98. The molecule has 0 aromatic heterocycles. The minimum Gasteiger partial charge on any atom is -0.271 e. The highest BCUT2D eigenvalue weighted by atomic mass is 79.9. The van der Waals surface area contributed by atoms with Crippen molar-refractivity contribution in [3.05, 3.63) is 59.1 Å². The van der Waals surface area contributed by atoms with Crippen LogP contribution in [0.2, 0.25) is 0 Å². The van der Waals surface area contributed by atoms with Crippen molar-refractivity contribution in [3.63, 3.8) is 0 Å². The molecule has 1 amide bonds. The summed E-state index contributed by atoms with van der Waals surface area (Å²) in [6, 6.07) is 15.0. The lowest BCUT2D eigenvalue weighted by Crippen LogP contribution is -2.39. The monoisotopic (exact) mass is 491 g/mol. The van der Waals surface area contributed by atoms with E-state index in [1.165, 1.54) is 31.4 Å². The van der Waals surface area contributed by atoms with E-state index in [1.807, 2.05) is 0 Å². The number of nitrogens with one attached hydrogen (secondary N) is 1. The highest BCUT2D eigenvalue weighted by molar-refractivity contribution is 9.10. The number of amides is 1. The van der Waals surface area contributed by atoms with Gasteiger partial charge in [-0.15, -0.1) is 0 Å². The fourth-order valence-corrected chi connectivity index (χ4v) is 5.22. The first-order chi connectivity index (χ1) is 14.5. The van der Waals surface area contributed by atoms with Crippen molar-refractivity contribution in [2.45, 2.75) is 49.8 Å². The molecular weight excluding hydrogens is 466 g/mol. The number of rotatable bonds is 6. The number of carbonyl (C=O) groups is 1. The van der Waals surface area contributed by atoms with Gasteiger partial charge in [0.05, 0.1) is 10.6 Å². The Morgan fingerprint density at radius 3 is 2.30 bits per heavy atom. The van der Waals surface area contributed by atoms with E-state index < -0.39 is 15.9 Å². The zero-order chi connectivity index (χ0) is 21.4. The van der Waals surface area contributed by atoms with E-state index in [2.05, 4.69) is 26.5 Å². The predicted molar refractivity (Wildman–Crippen MR) is 123 cm³/mol. The second-order valence-corrected chi connectivity index (χ2v) is 10.1. The van der Waals surface area contributed by atoms with Gasteiger partial charge >= 0.3 is 0 Å². The Bertz CT molecular complexity index is 984. The van der Waals surface area contributed by atoms with Crippen molar-refractivity contribution >= 4 is 43.3 Å². The summed E-state index contributed by atoms with van der Waals surface area (Å²) in [6.45, 7) is -0.357. The van der Waals surface area contributed by atoms with Crippen LogP contribution in [0, 0.1) is 0 Å². The molecule has 1 saturated carbocycles. The quantitative estimate of drug-likeness (QED) is 0.585. The molecule has 160 valence electrons. The molecule has 0 radical (unpaired) electrons. The number of anilines is 1. The summed E-state index contributed by atoms with van der Waals surface area (Å²) in [5.41, 5.74) is 3.95. The lowest BCUT2D eigenvalue weighted by molar-refractivity contribution is -0.119. The van der Waals surface area contributed by atoms with E-state index in [1.54, 1.807) is 42.5 Å². The van der Waals surface area contributed by atoms with E-state index >= 15 is 0 Å².